The van der Waals surface area contributed by atoms with Gasteiger partial charge in [-0.1, -0.05) is 17.3 Å². The summed E-state index contributed by atoms with van der Waals surface area (Å²) >= 11 is 3.50. The van der Waals surface area contributed by atoms with Crippen molar-refractivity contribution < 1.29 is 4.52 Å². The van der Waals surface area contributed by atoms with Gasteiger partial charge in [0.2, 0.25) is 11.7 Å². The fourth-order valence-corrected chi connectivity index (χ4v) is 2.32. The molecule has 0 saturated heterocycles. The highest BCUT2D eigenvalue weighted by Gasteiger charge is 2.13. The molecule has 3 aromatic rings. The number of hydrogen-bond acceptors (Lipinski definition) is 4. The fourth-order valence-electron chi connectivity index (χ4n) is 1.78. The molecule has 1 aromatic carbocycles. The van der Waals surface area contributed by atoms with Crippen molar-refractivity contribution in [2.75, 3.05) is 0 Å². The lowest BCUT2D eigenvalue weighted by Crippen LogP contribution is -1.95. The van der Waals surface area contributed by atoms with Crippen LogP contribution in [0.2, 0.25) is 0 Å². The summed E-state index contributed by atoms with van der Waals surface area (Å²) in [6, 6.07) is 5.89. The minimum atomic E-state index is 0.247. The average Bonchev–Trinajstić information content (AvgIpc) is 2.96. The summed E-state index contributed by atoms with van der Waals surface area (Å²) in [4.78, 5) is 7.39. The van der Waals surface area contributed by atoms with Crippen molar-refractivity contribution in [3.05, 3.63) is 34.8 Å². The third-order valence-electron chi connectivity index (χ3n) is 2.54. The van der Waals surface area contributed by atoms with Crippen LogP contribution in [0.5, 0.6) is 0 Å². The zero-order chi connectivity index (χ0) is 11.8. The summed E-state index contributed by atoms with van der Waals surface area (Å²) < 4.78 is 6.00. The van der Waals surface area contributed by atoms with Crippen LogP contribution in [0.25, 0.3) is 22.3 Å². The maximum absolute atomic E-state index is 5.45. The third-order valence-corrected chi connectivity index (χ3v) is 3.17. The number of rotatable bonds is 2. The van der Waals surface area contributed by atoms with E-state index in [1.807, 2.05) is 24.4 Å². The molecule has 0 saturated carbocycles. The summed E-state index contributed by atoms with van der Waals surface area (Å²) in [5, 5.41) is 4.97. The van der Waals surface area contributed by atoms with Gasteiger partial charge in [0, 0.05) is 27.1 Å². The Hall–Kier alpha value is -1.66. The van der Waals surface area contributed by atoms with Gasteiger partial charge in [-0.15, -0.1) is 0 Å². The minimum absolute atomic E-state index is 0.247. The topological polar surface area (TPSA) is 80.7 Å². The number of fused-ring (bicyclic) bond motifs is 1. The van der Waals surface area contributed by atoms with Crippen LogP contribution in [0.1, 0.15) is 5.89 Å². The monoisotopic (exact) mass is 292 g/mol. The van der Waals surface area contributed by atoms with Crippen molar-refractivity contribution in [3.63, 3.8) is 0 Å². The molecule has 3 rings (SSSR count). The Balaban J connectivity index is 2.25. The maximum atomic E-state index is 5.45. The molecular weight excluding hydrogens is 284 g/mol. The Morgan fingerprint density at radius 3 is 3.06 bits per heavy atom. The zero-order valence-electron chi connectivity index (χ0n) is 8.77. The fraction of sp³-hybridized carbons (Fsp3) is 0.0909. The van der Waals surface area contributed by atoms with Crippen LogP contribution < -0.4 is 5.73 Å². The van der Waals surface area contributed by atoms with Gasteiger partial charge in [-0.25, -0.2) is 0 Å². The number of nitrogens with one attached hydrogen (secondary N) is 1. The van der Waals surface area contributed by atoms with E-state index in [-0.39, 0.29) is 6.54 Å². The van der Waals surface area contributed by atoms with Crippen LogP contribution in [0.3, 0.4) is 0 Å². The number of hydrogen-bond donors (Lipinski definition) is 2. The molecule has 0 unspecified atom stereocenters. The number of benzene rings is 1. The van der Waals surface area contributed by atoms with E-state index in [1.54, 1.807) is 0 Å². The van der Waals surface area contributed by atoms with E-state index < -0.39 is 0 Å². The third kappa shape index (κ3) is 1.65. The normalized spacial score (nSPS) is 11.2. The minimum Gasteiger partial charge on any atom is -0.360 e. The van der Waals surface area contributed by atoms with Crippen molar-refractivity contribution in [1.82, 2.24) is 15.1 Å². The molecule has 2 aromatic heterocycles. The molecule has 0 aliphatic carbocycles. The second kappa shape index (κ2) is 3.97. The van der Waals surface area contributed by atoms with Gasteiger partial charge in [0.05, 0.1) is 6.54 Å². The number of nitrogens with two attached hydrogens (primary N) is 1. The van der Waals surface area contributed by atoms with Crippen LogP contribution in [0, 0.1) is 0 Å². The van der Waals surface area contributed by atoms with E-state index in [0.29, 0.717) is 11.7 Å². The van der Waals surface area contributed by atoms with Crippen LogP contribution in [-0.4, -0.2) is 15.1 Å². The van der Waals surface area contributed by atoms with E-state index >= 15 is 0 Å². The lowest BCUT2D eigenvalue weighted by atomic mass is 10.1. The molecule has 6 heteroatoms. The molecule has 0 atom stereocenters. The highest BCUT2D eigenvalue weighted by molar-refractivity contribution is 9.10. The quantitative estimate of drug-likeness (QED) is 0.760. The molecule has 0 aliphatic rings. The van der Waals surface area contributed by atoms with Crippen LogP contribution >= 0.6 is 15.9 Å². The van der Waals surface area contributed by atoms with Gasteiger partial charge in [-0.3, -0.25) is 0 Å². The molecule has 0 bridgehead atoms. The average molecular weight is 293 g/mol. The second-order valence-corrected chi connectivity index (χ2v) is 4.43. The standard InChI is InChI=1S/C11H9BrN4O/c12-7-5-14-8-3-1-2-6(10(7)8)11-15-9(4-13)17-16-11/h1-3,5,14H,4,13H2. The lowest BCUT2D eigenvalue weighted by Gasteiger charge is -1.97. The number of aromatic amines is 1. The van der Waals surface area contributed by atoms with Crippen molar-refractivity contribution >= 4 is 26.8 Å². The van der Waals surface area contributed by atoms with E-state index in [1.165, 1.54) is 0 Å². The first kappa shape index (κ1) is 10.5. The first-order valence-corrected chi connectivity index (χ1v) is 5.87. The van der Waals surface area contributed by atoms with Gasteiger partial charge in [0.25, 0.3) is 0 Å². The zero-order valence-corrected chi connectivity index (χ0v) is 10.4. The van der Waals surface area contributed by atoms with Crippen molar-refractivity contribution in [2.24, 2.45) is 5.73 Å². The number of halogens is 1. The first-order chi connectivity index (χ1) is 8.29. The molecule has 86 valence electrons. The molecule has 17 heavy (non-hydrogen) atoms. The molecule has 3 N–H and O–H groups in total. The van der Waals surface area contributed by atoms with Gasteiger partial charge in [0.1, 0.15) is 0 Å². The van der Waals surface area contributed by atoms with Gasteiger partial charge in [-0.05, 0) is 22.0 Å². The molecular formula is C11H9BrN4O. The molecule has 5 nitrogen and oxygen atoms in total. The van der Waals surface area contributed by atoms with Gasteiger partial charge in [-0.2, -0.15) is 4.98 Å². The Morgan fingerprint density at radius 1 is 1.41 bits per heavy atom. The van der Waals surface area contributed by atoms with Crippen molar-refractivity contribution in [1.29, 1.82) is 0 Å². The smallest absolute Gasteiger partial charge is 0.240 e. The van der Waals surface area contributed by atoms with E-state index in [4.69, 9.17) is 10.3 Å². The molecule has 2 heterocycles. The van der Waals surface area contributed by atoms with Crippen LogP contribution in [0.15, 0.2) is 33.4 Å². The molecule has 0 spiro atoms. The van der Waals surface area contributed by atoms with Gasteiger partial charge >= 0.3 is 0 Å². The van der Waals surface area contributed by atoms with Crippen LogP contribution in [0.4, 0.5) is 0 Å². The first-order valence-electron chi connectivity index (χ1n) is 5.08. The van der Waals surface area contributed by atoms with E-state index in [0.717, 1.165) is 20.9 Å². The van der Waals surface area contributed by atoms with Crippen molar-refractivity contribution in [3.8, 4) is 11.4 Å². The Labute approximate surface area is 105 Å². The summed E-state index contributed by atoms with van der Waals surface area (Å²) in [5.41, 5.74) is 7.39. The Kier molecular flexibility index (Phi) is 2.45. The number of nitrogens with zero attached hydrogens (tertiary/aromatic N) is 2. The maximum Gasteiger partial charge on any atom is 0.240 e. The van der Waals surface area contributed by atoms with E-state index in [2.05, 4.69) is 31.1 Å². The highest BCUT2D eigenvalue weighted by atomic mass is 79.9. The SMILES string of the molecule is NCc1nc(-c2cccc3[nH]cc(Br)c23)no1. The highest BCUT2D eigenvalue weighted by Crippen LogP contribution is 2.32. The summed E-state index contributed by atoms with van der Waals surface area (Å²) in [7, 11) is 0. The van der Waals surface area contributed by atoms with Crippen molar-refractivity contribution in [2.45, 2.75) is 6.54 Å². The number of aromatic nitrogens is 3. The molecule has 0 fully saturated rings. The van der Waals surface area contributed by atoms with E-state index in [9.17, 15) is 0 Å². The summed E-state index contributed by atoms with van der Waals surface area (Å²) in [5.74, 6) is 0.986. The van der Waals surface area contributed by atoms with Gasteiger partial charge in [0.15, 0.2) is 0 Å². The predicted molar refractivity (Wildman–Crippen MR) is 67.2 cm³/mol. The Morgan fingerprint density at radius 2 is 2.29 bits per heavy atom. The molecule has 0 aliphatic heterocycles. The predicted octanol–water partition coefficient (Wildman–Crippen LogP) is 2.44. The summed E-state index contributed by atoms with van der Waals surface area (Å²) in [6.45, 7) is 0.247. The number of H-pyrrole nitrogens is 1. The van der Waals surface area contributed by atoms with Gasteiger partial charge < -0.3 is 15.2 Å². The Bertz CT molecular complexity index is 673. The van der Waals surface area contributed by atoms with Crippen LogP contribution in [-0.2, 0) is 6.54 Å². The second-order valence-electron chi connectivity index (χ2n) is 3.58. The molecule has 0 radical (unpaired) electrons. The molecule has 0 amide bonds. The summed E-state index contributed by atoms with van der Waals surface area (Å²) in [6.07, 6.45) is 1.89. The largest absolute Gasteiger partial charge is 0.360 e. The lowest BCUT2D eigenvalue weighted by molar-refractivity contribution is 0.380.